The Morgan fingerprint density at radius 1 is 1.04 bits per heavy atom. The van der Waals surface area contributed by atoms with Crippen LogP contribution < -0.4 is 0 Å². The van der Waals surface area contributed by atoms with Crippen LogP contribution in [-0.2, 0) is 0 Å². The van der Waals surface area contributed by atoms with Crippen LogP contribution in [0.3, 0.4) is 0 Å². The number of halogens is 2. The molecular weight excluding hydrogens is 350 g/mol. The number of rotatable bonds is 9. The standard InChI is InChI=1S/C26H44F2/c1-7-9-18(3)10-11-19(4)21-12-14-22(15-13-21)23-16-20(5)25(24(27)17-23)26(6,28)8-2/h7-8,18-25H,1-2,9-17H2,3-6H3. The average molecular weight is 395 g/mol. The predicted molar refractivity (Wildman–Crippen MR) is 118 cm³/mol. The van der Waals surface area contributed by atoms with E-state index in [-0.39, 0.29) is 5.92 Å². The molecule has 0 N–H and O–H groups in total. The molecule has 0 spiro atoms. The highest BCUT2D eigenvalue weighted by Crippen LogP contribution is 2.49. The molecule has 0 aromatic heterocycles. The number of hydrogen-bond donors (Lipinski definition) is 0. The van der Waals surface area contributed by atoms with Crippen LogP contribution >= 0.6 is 0 Å². The Kier molecular flexibility index (Phi) is 8.77. The minimum atomic E-state index is -1.60. The van der Waals surface area contributed by atoms with Crippen LogP contribution in [0.4, 0.5) is 8.78 Å². The summed E-state index contributed by atoms with van der Waals surface area (Å²) in [6.07, 6.45) is 12.6. The van der Waals surface area contributed by atoms with Crippen molar-refractivity contribution in [3.05, 3.63) is 25.3 Å². The molecule has 2 saturated carbocycles. The molecule has 0 nitrogen and oxygen atoms in total. The second kappa shape index (κ2) is 10.4. The van der Waals surface area contributed by atoms with Crippen molar-refractivity contribution in [1.29, 1.82) is 0 Å². The Hall–Kier alpha value is -0.660. The summed E-state index contributed by atoms with van der Waals surface area (Å²) in [6, 6.07) is 0. The van der Waals surface area contributed by atoms with Crippen LogP contribution in [0.2, 0.25) is 0 Å². The third-order valence-electron chi connectivity index (χ3n) is 8.23. The largest absolute Gasteiger partial charge is 0.247 e. The van der Waals surface area contributed by atoms with E-state index < -0.39 is 17.8 Å². The van der Waals surface area contributed by atoms with E-state index in [4.69, 9.17) is 0 Å². The average Bonchev–Trinajstić information content (AvgIpc) is 2.65. The first kappa shape index (κ1) is 23.6. The predicted octanol–water partition coefficient (Wildman–Crippen LogP) is 8.34. The van der Waals surface area contributed by atoms with Gasteiger partial charge in [0.25, 0.3) is 0 Å². The lowest BCUT2D eigenvalue weighted by atomic mass is 9.62. The summed E-state index contributed by atoms with van der Waals surface area (Å²) >= 11 is 0. The quantitative estimate of drug-likeness (QED) is 0.345. The van der Waals surface area contributed by atoms with Crippen molar-refractivity contribution in [3.63, 3.8) is 0 Å². The van der Waals surface area contributed by atoms with E-state index >= 15 is 0 Å². The van der Waals surface area contributed by atoms with Crippen LogP contribution in [0, 0.1) is 41.4 Å². The van der Waals surface area contributed by atoms with Crippen molar-refractivity contribution >= 4 is 0 Å². The van der Waals surface area contributed by atoms with Crippen molar-refractivity contribution in [2.24, 2.45) is 41.4 Å². The number of allylic oxidation sites excluding steroid dienone is 2. The molecule has 0 aromatic carbocycles. The second-order valence-electron chi connectivity index (χ2n) is 10.5. The lowest BCUT2D eigenvalue weighted by Gasteiger charge is -2.45. The molecule has 0 amide bonds. The molecule has 0 heterocycles. The summed E-state index contributed by atoms with van der Waals surface area (Å²) in [5.41, 5.74) is -1.60. The lowest BCUT2D eigenvalue weighted by Crippen LogP contribution is -2.45. The van der Waals surface area contributed by atoms with Gasteiger partial charge in [0.15, 0.2) is 0 Å². The fraction of sp³-hybridized carbons (Fsp3) is 0.846. The second-order valence-corrected chi connectivity index (χ2v) is 10.5. The smallest absolute Gasteiger partial charge is 0.131 e. The Bertz CT molecular complexity index is 477. The number of hydrogen-bond acceptors (Lipinski definition) is 0. The van der Waals surface area contributed by atoms with Gasteiger partial charge in [-0.25, -0.2) is 8.78 Å². The molecule has 0 radical (unpaired) electrons. The minimum Gasteiger partial charge on any atom is -0.247 e. The van der Waals surface area contributed by atoms with Gasteiger partial charge in [-0.15, -0.1) is 6.58 Å². The maximum absolute atomic E-state index is 14.9. The molecule has 0 bridgehead atoms. The first-order valence-corrected chi connectivity index (χ1v) is 11.8. The Morgan fingerprint density at radius 2 is 1.68 bits per heavy atom. The summed E-state index contributed by atoms with van der Waals surface area (Å²) in [5.74, 6) is 2.99. The molecule has 2 fully saturated rings. The molecule has 2 aliphatic rings. The highest BCUT2D eigenvalue weighted by Gasteiger charge is 2.47. The summed E-state index contributed by atoms with van der Waals surface area (Å²) < 4.78 is 29.7. The molecular formula is C26H44F2. The van der Waals surface area contributed by atoms with Gasteiger partial charge in [-0.2, -0.15) is 0 Å². The van der Waals surface area contributed by atoms with Gasteiger partial charge in [-0.1, -0.05) is 52.3 Å². The normalized spacial score (nSPS) is 38.2. The molecule has 28 heavy (non-hydrogen) atoms. The Labute approximate surface area is 173 Å². The van der Waals surface area contributed by atoms with Crippen molar-refractivity contribution in [2.75, 3.05) is 0 Å². The maximum atomic E-state index is 14.9. The zero-order valence-corrected chi connectivity index (χ0v) is 18.8. The van der Waals surface area contributed by atoms with Gasteiger partial charge in [0.1, 0.15) is 11.8 Å². The topological polar surface area (TPSA) is 0 Å². The minimum absolute atomic E-state index is 0.0877. The summed E-state index contributed by atoms with van der Waals surface area (Å²) in [7, 11) is 0. The van der Waals surface area contributed by atoms with E-state index in [2.05, 4.69) is 27.0 Å². The molecule has 0 aliphatic heterocycles. The van der Waals surface area contributed by atoms with Crippen LogP contribution in [-0.4, -0.2) is 11.8 Å². The zero-order valence-electron chi connectivity index (χ0n) is 18.8. The summed E-state index contributed by atoms with van der Waals surface area (Å²) in [6.45, 7) is 15.7. The fourth-order valence-electron chi connectivity index (χ4n) is 6.31. The van der Waals surface area contributed by atoms with E-state index in [0.717, 1.165) is 30.6 Å². The maximum Gasteiger partial charge on any atom is 0.131 e. The van der Waals surface area contributed by atoms with E-state index in [1.807, 2.05) is 13.0 Å². The number of alkyl halides is 2. The first-order valence-electron chi connectivity index (χ1n) is 11.8. The van der Waals surface area contributed by atoms with Gasteiger partial charge in [-0.05, 0) is 87.4 Å². The molecule has 2 rings (SSSR count). The molecule has 7 atom stereocenters. The van der Waals surface area contributed by atoms with Crippen molar-refractivity contribution in [1.82, 2.24) is 0 Å². The molecule has 7 unspecified atom stereocenters. The molecule has 2 heteroatoms. The van der Waals surface area contributed by atoms with Crippen molar-refractivity contribution in [2.45, 2.75) is 97.3 Å². The van der Waals surface area contributed by atoms with Gasteiger partial charge < -0.3 is 0 Å². The van der Waals surface area contributed by atoms with E-state index in [1.54, 1.807) is 0 Å². The van der Waals surface area contributed by atoms with Crippen molar-refractivity contribution in [3.8, 4) is 0 Å². The fourth-order valence-corrected chi connectivity index (χ4v) is 6.31. The molecule has 0 aromatic rings. The van der Waals surface area contributed by atoms with Gasteiger partial charge in [-0.3, -0.25) is 0 Å². The molecule has 2 aliphatic carbocycles. The van der Waals surface area contributed by atoms with Crippen LogP contribution in [0.1, 0.15) is 85.5 Å². The van der Waals surface area contributed by atoms with E-state index in [9.17, 15) is 8.78 Å². The molecule has 0 saturated heterocycles. The highest BCUT2D eigenvalue weighted by molar-refractivity contribution is 5.04. The molecule has 162 valence electrons. The first-order chi connectivity index (χ1) is 13.2. The van der Waals surface area contributed by atoms with Crippen molar-refractivity contribution < 1.29 is 8.78 Å². The van der Waals surface area contributed by atoms with Crippen LogP contribution in [0.25, 0.3) is 0 Å². The Morgan fingerprint density at radius 3 is 2.21 bits per heavy atom. The highest BCUT2D eigenvalue weighted by atomic mass is 19.2. The summed E-state index contributed by atoms with van der Waals surface area (Å²) in [5, 5.41) is 0. The lowest BCUT2D eigenvalue weighted by molar-refractivity contribution is -0.0251. The van der Waals surface area contributed by atoms with Gasteiger partial charge in [0.2, 0.25) is 0 Å². The zero-order chi connectivity index (χ0) is 20.9. The summed E-state index contributed by atoms with van der Waals surface area (Å²) in [4.78, 5) is 0. The van der Waals surface area contributed by atoms with Crippen LogP contribution in [0.15, 0.2) is 25.3 Å². The third kappa shape index (κ3) is 5.92. The monoisotopic (exact) mass is 394 g/mol. The van der Waals surface area contributed by atoms with Gasteiger partial charge in [0.05, 0.1) is 0 Å². The van der Waals surface area contributed by atoms with Gasteiger partial charge >= 0.3 is 0 Å². The van der Waals surface area contributed by atoms with E-state index in [0.29, 0.717) is 18.3 Å². The van der Waals surface area contributed by atoms with Crippen LogP contribution in [0.5, 0.6) is 0 Å². The van der Waals surface area contributed by atoms with Gasteiger partial charge in [0, 0.05) is 5.92 Å². The SMILES string of the molecule is C=CCC(C)CCC(C)C1CCC(C2CC(C)C(C(C)(F)C=C)C(F)C2)CC1. The van der Waals surface area contributed by atoms with E-state index in [1.165, 1.54) is 51.5 Å². The third-order valence-corrected chi connectivity index (χ3v) is 8.23. The Balaban J connectivity index is 1.82.